The minimum absolute atomic E-state index is 0.423. The molecule has 0 radical (unpaired) electrons. The quantitative estimate of drug-likeness (QED) is 0.800. The number of aromatic nitrogens is 1. The molecule has 1 unspecified atom stereocenters. The van der Waals surface area contributed by atoms with Crippen molar-refractivity contribution < 1.29 is 9.84 Å². The van der Waals surface area contributed by atoms with Gasteiger partial charge in [-0.05, 0) is 24.0 Å². The SMILES string of the molecule is COc1ccc(C(O)CC(C)C)cn1. The van der Waals surface area contributed by atoms with Crippen molar-refractivity contribution in [2.45, 2.75) is 26.4 Å². The molecule has 0 aliphatic carbocycles. The molecule has 0 saturated heterocycles. The van der Waals surface area contributed by atoms with Crippen LogP contribution in [0, 0.1) is 5.92 Å². The summed E-state index contributed by atoms with van der Waals surface area (Å²) in [6, 6.07) is 3.61. The second-order valence-electron chi connectivity index (χ2n) is 3.78. The lowest BCUT2D eigenvalue weighted by molar-refractivity contribution is 0.150. The summed E-state index contributed by atoms with van der Waals surface area (Å²) < 4.78 is 4.94. The highest BCUT2D eigenvalue weighted by Crippen LogP contribution is 2.21. The summed E-state index contributed by atoms with van der Waals surface area (Å²) in [7, 11) is 1.58. The maximum absolute atomic E-state index is 9.77. The average molecular weight is 195 g/mol. The first-order valence-corrected chi connectivity index (χ1v) is 4.81. The molecule has 1 rings (SSSR count). The lowest BCUT2D eigenvalue weighted by Crippen LogP contribution is -2.02. The van der Waals surface area contributed by atoms with Crippen molar-refractivity contribution in [3.63, 3.8) is 0 Å². The van der Waals surface area contributed by atoms with Crippen molar-refractivity contribution in [2.75, 3.05) is 7.11 Å². The largest absolute Gasteiger partial charge is 0.481 e. The predicted octanol–water partition coefficient (Wildman–Crippen LogP) is 2.17. The van der Waals surface area contributed by atoms with Crippen LogP contribution in [-0.2, 0) is 0 Å². The average Bonchev–Trinajstić information content (AvgIpc) is 2.17. The lowest BCUT2D eigenvalue weighted by Gasteiger charge is -2.12. The number of rotatable bonds is 4. The van der Waals surface area contributed by atoms with Gasteiger partial charge in [0.15, 0.2) is 0 Å². The lowest BCUT2D eigenvalue weighted by atomic mass is 10.0. The van der Waals surface area contributed by atoms with Gasteiger partial charge in [0.25, 0.3) is 0 Å². The molecule has 0 aromatic carbocycles. The van der Waals surface area contributed by atoms with Gasteiger partial charge < -0.3 is 9.84 Å². The normalized spacial score (nSPS) is 12.9. The van der Waals surface area contributed by atoms with Crippen LogP contribution in [0.3, 0.4) is 0 Å². The molecule has 1 aromatic heterocycles. The summed E-state index contributed by atoms with van der Waals surface area (Å²) in [4.78, 5) is 4.04. The Morgan fingerprint density at radius 3 is 2.57 bits per heavy atom. The number of pyridine rings is 1. The topological polar surface area (TPSA) is 42.4 Å². The van der Waals surface area contributed by atoms with Gasteiger partial charge in [-0.3, -0.25) is 0 Å². The molecule has 78 valence electrons. The van der Waals surface area contributed by atoms with Gasteiger partial charge in [0.05, 0.1) is 13.2 Å². The summed E-state index contributed by atoms with van der Waals surface area (Å²) in [6.45, 7) is 4.17. The molecular formula is C11H17NO2. The van der Waals surface area contributed by atoms with Gasteiger partial charge >= 0.3 is 0 Å². The van der Waals surface area contributed by atoms with E-state index in [1.165, 1.54) is 0 Å². The zero-order valence-corrected chi connectivity index (χ0v) is 8.90. The predicted molar refractivity (Wildman–Crippen MR) is 55.2 cm³/mol. The van der Waals surface area contributed by atoms with E-state index in [1.54, 1.807) is 19.4 Å². The molecular weight excluding hydrogens is 178 g/mol. The Kier molecular flexibility index (Phi) is 3.89. The van der Waals surface area contributed by atoms with E-state index in [4.69, 9.17) is 4.74 Å². The van der Waals surface area contributed by atoms with Crippen LogP contribution < -0.4 is 4.74 Å². The van der Waals surface area contributed by atoms with Crippen LogP contribution in [0.15, 0.2) is 18.3 Å². The van der Waals surface area contributed by atoms with Crippen molar-refractivity contribution in [2.24, 2.45) is 5.92 Å². The summed E-state index contributed by atoms with van der Waals surface area (Å²) >= 11 is 0. The van der Waals surface area contributed by atoms with E-state index in [0.29, 0.717) is 11.8 Å². The second kappa shape index (κ2) is 4.96. The number of methoxy groups -OCH3 is 1. The molecule has 0 saturated carbocycles. The molecule has 1 atom stereocenters. The first kappa shape index (κ1) is 11.0. The van der Waals surface area contributed by atoms with Gasteiger partial charge in [0.2, 0.25) is 5.88 Å². The van der Waals surface area contributed by atoms with E-state index in [1.807, 2.05) is 6.07 Å². The molecule has 14 heavy (non-hydrogen) atoms. The molecule has 0 aliphatic heterocycles. The van der Waals surface area contributed by atoms with E-state index in [9.17, 15) is 5.11 Å². The van der Waals surface area contributed by atoms with Crippen LogP contribution in [0.2, 0.25) is 0 Å². The third-order valence-electron chi connectivity index (χ3n) is 2.05. The summed E-state index contributed by atoms with van der Waals surface area (Å²) in [5.41, 5.74) is 0.847. The van der Waals surface area contributed by atoms with Crippen LogP contribution >= 0.6 is 0 Å². The first-order chi connectivity index (χ1) is 6.63. The van der Waals surface area contributed by atoms with Crippen molar-refractivity contribution >= 4 is 0 Å². The number of hydrogen-bond acceptors (Lipinski definition) is 3. The Bertz CT molecular complexity index is 269. The molecule has 0 bridgehead atoms. The highest BCUT2D eigenvalue weighted by molar-refractivity contribution is 5.19. The fourth-order valence-corrected chi connectivity index (χ4v) is 1.29. The van der Waals surface area contributed by atoms with Gasteiger partial charge in [-0.1, -0.05) is 13.8 Å². The number of hydrogen-bond donors (Lipinski definition) is 1. The monoisotopic (exact) mass is 195 g/mol. The van der Waals surface area contributed by atoms with E-state index in [0.717, 1.165) is 12.0 Å². The smallest absolute Gasteiger partial charge is 0.212 e. The van der Waals surface area contributed by atoms with Crippen molar-refractivity contribution in [1.29, 1.82) is 0 Å². The molecule has 1 N–H and O–H groups in total. The number of nitrogens with zero attached hydrogens (tertiary/aromatic N) is 1. The molecule has 0 spiro atoms. The van der Waals surface area contributed by atoms with Crippen LogP contribution in [0.5, 0.6) is 5.88 Å². The van der Waals surface area contributed by atoms with Gasteiger partial charge in [-0.25, -0.2) is 4.98 Å². The minimum atomic E-state index is -0.423. The van der Waals surface area contributed by atoms with Crippen LogP contribution in [0.4, 0.5) is 0 Å². The van der Waals surface area contributed by atoms with Gasteiger partial charge in [-0.2, -0.15) is 0 Å². The standard InChI is InChI=1S/C11H17NO2/c1-8(2)6-10(13)9-4-5-11(14-3)12-7-9/h4-5,7-8,10,13H,6H2,1-3H3. The Hall–Kier alpha value is -1.09. The van der Waals surface area contributed by atoms with Crippen molar-refractivity contribution in [3.8, 4) is 5.88 Å². The number of ether oxygens (including phenoxy) is 1. The van der Waals surface area contributed by atoms with Gasteiger partial charge in [0, 0.05) is 12.3 Å². The highest BCUT2D eigenvalue weighted by atomic mass is 16.5. The molecule has 0 amide bonds. The Balaban J connectivity index is 2.66. The second-order valence-corrected chi connectivity index (χ2v) is 3.78. The molecule has 3 nitrogen and oxygen atoms in total. The Morgan fingerprint density at radius 2 is 2.14 bits per heavy atom. The maximum Gasteiger partial charge on any atom is 0.212 e. The van der Waals surface area contributed by atoms with Crippen LogP contribution in [-0.4, -0.2) is 17.2 Å². The summed E-state index contributed by atoms with van der Waals surface area (Å²) in [5, 5.41) is 9.77. The summed E-state index contributed by atoms with van der Waals surface area (Å²) in [5.74, 6) is 1.05. The highest BCUT2D eigenvalue weighted by Gasteiger charge is 2.09. The first-order valence-electron chi connectivity index (χ1n) is 4.81. The van der Waals surface area contributed by atoms with Gasteiger partial charge in [-0.15, -0.1) is 0 Å². The Morgan fingerprint density at radius 1 is 1.43 bits per heavy atom. The van der Waals surface area contributed by atoms with Crippen LogP contribution in [0.25, 0.3) is 0 Å². The van der Waals surface area contributed by atoms with Crippen molar-refractivity contribution in [3.05, 3.63) is 23.9 Å². The molecule has 3 heteroatoms. The van der Waals surface area contributed by atoms with Crippen molar-refractivity contribution in [1.82, 2.24) is 4.98 Å². The van der Waals surface area contributed by atoms with E-state index < -0.39 is 6.10 Å². The zero-order valence-electron chi connectivity index (χ0n) is 8.90. The van der Waals surface area contributed by atoms with Gasteiger partial charge in [0.1, 0.15) is 0 Å². The van der Waals surface area contributed by atoms with Crippen LogP contribution in [0.1, 0.15) is 31.9 Å². The third kappa shape index (κ3) is 3.00. The fraction of sp³-hybridized carbons (Fsp3) is 0.545. The Labute approximate surface area is 84.7 Å². The molecule has 1 heterocycles. The van der Waals surface area contributed by atoms with E-state index in [2.05, 4.69) is 18.8 Å². The number of aliphatic hydroxyl groups is 1. The molecule has 0 fully saturated rings. The maximum atomic E-state index is 9.77. The zero-order chi connectivity index (χ0) is 10.6. The summed E-state index contributed by atoms with van der Waals surface area (Å²) in [6.07, 6.45) is 1.99. The number of aliphatic hydroxyl groups excluding tert-OH is 1. The minimum Gasteiger partial charge on any atom is -0.481 e. The molecule has 0 aliphatic rings. The molecule has 1 aromatic rings. The fourth-order valence-electron chi connectivity index (χ4n) is 1.29. The third-order valence-corrected chi connectivity index (χ3v) is 2.05. The van der Waals surface area contributed by atoms with E-state index >= 15 is 0 Å². The van der Waals surface area contributed by atoms with E-state index in [-0.39, 0.29) is 0 Å².